The first-order valence-electron chi connectivity index (χ1n) is 8.73. The lowest BCUT2D eigenvalue weighted by molar-refractivity contribution is 0.117. The van der Waals surface area contributed by atoms with Crippen LogP contribution < -0.4 is 4.72 Å². The van der Waals surface area contributed by atoms with Gasteiger partial charge in [-0.2, -0.15) is 0 Å². The molecule has 0 spiro atoms. The van der Waals surface area contributed by atoms with E-state index in [1.807, 2.05) is 46.8 Å². The Morgan fingerprint density at radius 3 is 2.72 bits per heavy atom. The van der Waals surface area contributed by atoms with Crippen LogP contribution in [0.1, 0.15) is 65.7 Å². The van der Waals surface area contributed by atoms with Crippen molar-refractivity contribution in [2.75, 3.05) is 6.54 Å². The molecule has 0 radical (unpaired) electrons. The number of nitrogens with zero attached hydrogens (tertiary/aromatic N) is 1. The van der Waals surface area contributed by atoms with Gasteiger partial charge in [-0.25, -0.2) is 4.79 Å². The highest BCUT2D eigenvalue weighted by atomic mass is 32.2. The van der Waals surface area contributed by atoms with Crippen molar-refractivity contribution >= 4 is 17.5 Å². The summed E-state index contributed by atoms with van der Waals surface area (Å²) < 4.78 is 20.8. The quantitative estimate of drug-likeness (QED) is 0.741. The second-order valence-electron chi connectivity index (χ2n) is 8.42. The maximum atomic E-state index is 12.5. The molecule has 2 heterocycles. The van der Waals surface area contributed by atoms with Gasteiger partial charge in [-0.1, -0.05) is 0 Å². The Morgan fingerprint density at radius 1 is 1.56 bits per heavy atom. The Balaban J connectivity index is 2.00. The Bertz CT molecular complexity index is 568. The van der Waals surface area contributed by atoms with Crippen LogP contribution >= 0.6 is 0 Å². The first kappa shape index (κ1) is 20.1. The summed E-state index contributed by atoms with van der Waals surface area (Å²) in [6.07, 6.45) is 3.21. The summed E-state index contributed by atoms with van der Waals surface area (Å²) in [7, 11) is 0. The number of furan rings is 1. The summed E-state index contributed by atoms with van der Waals surface area (Å²) in [5, 5.41) is 9.36. The Labute approximate surface area is 153 Å². The molecule has 1 saturated heterocycles. The summed E-state index contributed by atoms with van der Waals surface area (Å²) in [6, 6.07) is 3.58. The van der Waals surface area contributed by atoms with Gasteiger partial charge in [0.05, 0.1) is 6.26 Å². The fraction of sp³-hybridized carbons (Fsp3) is 0.722. The third-order valence-electron chi connectivity index (χ3n) is 4.75. The van der Waals surface area contributed by atoms with Crippen molar-refractivity contribution in [2.45, 2.75) is 70.2 Å². The largest absolute Gasteiger partial charge is 0.598 e. The molecule has 0 saturated carbocycles. The molecule has 1 aliphatic heterocycles. The van der Waals surface area contributed by atoms with E-state index in [2.05, 4.69) is 4.72 Å². The van der Waals surface area contributed by atoms with Crippen molar-refractivity contribution in [1.82, 2.24) is 9.62 Å². The van der Waals surface area contributed by atoms with E-state index in [0.29, 0.717) is 12.5 Å². The van der Waals surface area contributed by atoms with Crippen LogP contribution in [-0.4, -0.2) is 37.5 Å². The van der Waals surface area contributed by atoms with E-state index in [4.69, 9.17) is 4.42 Å². The van der Waals surface area contributed by atoms with Crippen LogP contribution in [0.5, 0.6) is 0 Å². The van der Waals surface area contributed by atoms with Gasteiger partial charge in [-0.15, -0.1) is 4.72 Å². The van der Waals surface area contributed by atoms with E-state index in [1.54, 1.807) is 6.26 Å². The number of carboxylic acid groups (broad SMARTS) is 1. The van der Waals surface area contributed by atoms with Crippen molar-refractivity contribution in [3.05, 3.63) is 24.2 Å². The standard InChI is InChI=1S/C18H30N2O4S/c1-17(2,3)25(23)19-14(15-7-6-10-24-15)9-8-13-11-18(4,5)20(12-13)16(21)22/h6-7,10,13-14,19H,8-9,11-12H2,1-5H3,(H,21,22)/t13-,14?,25?/m0/s1. The highest BCUT2D eigenvalue weighted by Crippen LogP contribution is 2.36. The van der Waals surface area contributed by atoms with Crippen LogP contribution in [0.25, 0.3) is 0 Å². The van der Waals surface area contributed by atoms with E-state index < -0.39 is 17.5 Å². The molecule has 3 atom stereocenters. The molecule has 6 nitrogen and oxygen atoms in total. The Morgan fingerprint density at radius 2 is 2.24 bits per heavy atom. The van der Waals surface area contributed by atoms with Crippen LogP contribution in [0.15, 0.2) is 22.8 Å². The van der Waals surface area contributed by atoms with E-state index in [9.17, 15) is 14.5 Å². The first-order valence-corrected chi connectivity index (χ1v) is 9.87. The molecule has 1 fully saturated rings. The fourth-order valence-electron chi connectivity index (χ4n) is 3.37. The highest BCUT2D eigenvalue weighted by Gasteiger charge is 2.41. The molecule has 1 amide bonds. The average Bonchev–Trinajstić information content (AvgIpc) is 3.09. The molecule has 25 heavy (non-hydrogen) atoms. The van der Waals surface area contributed by atoms with Gasteiger partial charge >= 0.3 is 6.09 Å². The van der Waals surface area contributed by atoms with Crippen LogP contribution in [-0.2, 0) is 11.4 Å². The summed E-state index contributed by atoms with van der Waals surface area (Å²) in [6.45, 7) is 10.3. The number of hydrogen-bond donors (Lipinski definition) is 2. The van der Waals surface area contributed by atoms with Gasteiger partial charge in [0.15, 0.2) is 0 Å². The van der Waals surface area contributed by atoms with Crippen LogP contribution in [0, 0.1) is 5.92 Å². The number of likely N-dealkylation sites (tertiary alicyclic amines) is 1. The van der Waals surface area contributed by atoms with Gasteiger partial charge in [0.25, 0.3) is 0 Å². The summed E-state index contributed by atoms with van der Waals surface area (Å²) in [5.41, 5.74) is -0.335. The smallest absolute Gasteiger partial charge is 0.407 e. The van der Waals surface area contributed by atoms with Crippen molar-refractivity contribution in [3.63, 3.8) is 0 Å². The molecular formula is C18H30N2O4S. The summed E-state index contributed by atoms with van der Waals surface area (Å²) in [5.74, 6) is 1.07. The lowest BCUT2D eigenvalue weighted by atomic mass is 9.92. The van der Waals surface area contributed by atoms with E-state index in [1.165, 1.54) is 4.90 Å². The maximum absolute atomic E-state index is 12.5. The SMILES string of the molecule is CC1(C)C[C@H](CCC(N[S+]([O-])C(C)(C)C)c2ccco2)CN1C(=O)O. The van der Waals surface area contributed by atoms with Gasteiger partial charge in [-0.3, -0.25) is 0 Å². The molecule has 7 heteroatoms. The molecule has 1 aromatic rings. The number of amides is 1. The third kappa shape index (κ3) is 5.15. The van der Waals surface area contributed by atoms with Crippen molar-refractivity contribution < 1.29 is 18.9 Å². The average molecular weight is 371 g/mol. The monoisotopic (exact) mass is 370 g/mol. The second kappa shape index (κ2) is 7.60. The van der Waals surface area contributed by atoms with Gasteiger partial charge in [0, 0.05) is 23.4 Å². The van der Waals surface area contributed by atoms with Crippen molar-refractivity contribution in [2.24, 2.45) is 5.92 Å². The normalized spacial score (nSPS) is 22.8. The zero-order valence-electron chi connectivity index (χ0n) is 15.7. The minimum atomic E-state index is -1.20. The van der Waals surface area contributed by atoms with E-state index in [-0.39, 0.29) is 16.3 Å². The van der Waals surface area contributed by atoms with E-state index in [0.717, 1.165) is 25.0 Å². The lowest BCUT2D eigenvalue weighted by Crippen LogP contribution is -2.41. The van der Waals surface area contributed by atoms with Crippen LogP contribution in [0.3, 0.4) is 0 Å². The number of nitrogens with one attached hydrogen (secondary N) is 1. The maximum Gasteiger partial charge on any atom is 0.407 e. The fourth-order valence-corrected chi connectivity index (χ4v) is 4.22. The lowest BCUT2D eigenvalue weighted by Gasteiger charge is -2.28. The molecular weight excluding hydrogens is 340 g/mol. The molecule has 2 N–H and O–H groups in total. The zero-order valence-corrected chi connectivity index (χ0v) is 16.6. The number of rotatable bonds is 6. The minimum Gasteiger partial charge on any atom is -0.598 e. The van der Waals surface area contributed by atoms with Crippen molar-refractivity contribution in [1.29, 1.82) is 0 Å². The van der Waals surface area contributed by atoms with Gasteiger partial charge in [0.1, 0.15) is 16.5 Å². The first-order chi connectivity index (χ1) is 11.5. The topological polar surface area (TPSA) is 88.8 Å². The van der Waals surface area contributed by atoms with Crippen LogP contribution in [0.4, 0.5) is 4.79 Å². The highest BCUT2D eigenvalue weighted by molar-refractivity contribution is 7.90. The molecule has 2 unspecified atom stereocenters. The zero-order chi connectivity index (χ0) is 18.8. The number of carbonyl (C=O) groups is 1. The molecule has 0 aromatic carbocycles. The summed E-state index contributed by atoms with van der Waals surface area (Å²) >= 11 is -1.20. The molecule has 1 aromatic heterocycles. The predicted molar refractivity (Wildman–Crippen MR) is 98.6 cm³/mol. The Kier molecular flexibility index (Phi) is 6.12. The molecule has 0 aliphatic carbocycles. The van der Waals surface area contributed by atoms with Gasteiger partial charge in [0.2, 0.25) is 0 Å². The predicted octanol–water partition coefficient (Wildman–Crippen LogP) is 3.93. The Hall–Kier alpha value is -1.18. The van der Waals surface area contributed by atoms with E-state index >= 15 is 0 Å². The minimum absolute atomic E-state index is 0.142. The van der Waals surface area contributed by atoms with Gasteiger partial charge in [-0.05, 0) is 71.9 Å². The molecule has 2 rings (SSSR count). The molecule has 142 valence electrons. The van der Waals surface area contributed by atoms with Crippen molar-refractivity contribution in [3.8, 4) is 0 Å². The number of hydrogen-bond acceptors (Lipinski definition) is 4. The summed E-state index contributed by atoms with van der Waals surface area (Å²) in [4.78, 5) is 12.9. The second-order valence-corrected chi connectivity index (χ2v) is 10.4. The molecule has 1 aliphatic rings. The molecule has 0 bridgehead atoms. The van der Waals surface area contributed by atoms with Crippen LogP contribution in [0.2, 0.25) is 0 Å². The van der Waals surface area contributed by atoms with Gasteiger partial charge < -0.3 is 19.0 Å². The third-order valence-corrected chi connectivity index (χ3v) is 6.36.